The molecule has 1 saturated heterocycles. The number of hydrogen-bond acceptors (Lipinski definition) is 4. The molecule has 0 bridgehead atoms. The summed E-state index contributed by atoms with van der Waals surface area (Å²) in [6.07, 6.45) is 4.23. The van der Waals surface area contributed by atoms with Crippen LogP contribution in [0.5, 0.6) is 0 Å². The molecule has 5 nitrogen and oxygen atoms in total. The molecule has 1 aromatic heterocycles. The Morgan fingerprint density at radius 1 is 1.28 bits per heavy atom. The summed E-state index contributed by atoms with van der Waals surface area (Å²) < 4.78 is 5.28. The van der Waals surface area contributed by atoms with Crippen molar-refractivity contribution in [1.82, 2.24) is 15.4 Å². The highest BCUT2D eigenvalue weighted by Crippen LogP contribution is 2.40. The maximum absolute atomic E-state index is 12.4. The third kappa shape index (κ3) is 3.93. The average Bonchev–Trinajstić information content (AvgIpc) is 3.35. The zero-order valence-electron chi connectivity index (χ0n) is 14.6. The number of nitrogens with one attached hydrogen (secondary N) is 1. The van der Waals surface area contributed by atoms with E-state index in [2.05, 4.69) is 46.6 Å². The van der Waals surface area contributed by atoms with Gasteiger partial charge in [-0.3, -0.25) is 9.69 Å². The molecular formula is C20H25N3O2. The Bertz CT molecular complexity index is 724. The standard InChI is InChI=1S/C20H25N3O2/c1-14-11-17(9-10-23(14)13-15-5-3-2-4-6-15)21-20(24)18-12-19(25-22-18)16-7-8-16/h2-6,12,14,16-17H,7-11,13H2,1H3,(H,21,24)/t14-,17-/m1/s1. The van der Waals surface area contributed by atoms with Crippen LogP contribution in [0.25, 0.3) is 0 Å². The summed E-state index contributed by atoms with van der Waals surface area (Å²) in [5.74, 6) is 1.23. The van der Waals surface area contributed by atoms with Crippen LogP contribution >= 0.6 is 0 Å². The van der Waals surface area contributed by atoms with Crippen LogP contribution in [0.2, 0.25) is 0 Å². The van der Waals surface area contributed by atoms with Crippen LogP contribution in [0.4, 0.5) is 0 Å². The van der Waals surface area contributed by atoms with Crippen molar-refractivity contribution in [1.29, 1.82) is 0 Å². The van der Waals surface area contributed by atoms with Crippen molar-refractivity contribution in [3.05, 3.63) is 53.4 Å². The number of amides is 1. The number of likely N-dealkylation sites (tertiary alicyclic amines) is 1. The molecule has 1 amide bonds. The molecule has 5 heteroatoms. The second-order valence-electron chi connectivity index (χ2n) is 7.39. The number of rotatable bonds is 5. The first-order valence-electron chi connectivity index (χ1n) is 9.24. The van der Waals surface area contributed by atoms with Gasteiger partial charge in [0.05, 0.1) is 0 Å². The van der Waals surface area contributed by atoms with Gasteiger partial charge < -0.3 is 9.84 Å². The van der Waals surface area contributed by atoms with Crippen LogP contribution in [0.1, 0.15) is 60.3 Å². The third-order valence-electron chi connectivity index (χ3n) is 5.32. The van der Waals surface area contributed by atoms with E-state index in [1.807, 2.05) is 6.07 Å². The van der Waals surface area contributed by atoms with Crippen LogP contribution < -0.4 is 5.32 Å². The molecule has 1 aliphatic heterocycles. The monoisotopic (exact) mass is 339 g/mol. The Labute approximate surface area is 148 Å². The highest BCUT2D eigenvalue weighted by Gasteiger charge is 2.30. The fourth-order valence-electron chi connectivity index (χ4n) is 3.62. The van der Waals surface area contributed by atoms with E-state index in [0.29, 0.717) is 17.7 Å². The molecule has 2 fully saturated rings. The summed E-state index contributed by atoms with van der Waals surface area (Å²) in [6.45, 7) is 4.20. The second kappa shape index (κ2) is 7.00. The largest absolute Gasteiger partial charge is 0.360 e. The van der Waals surface area contributed by atoms with Crippen molar-refractivity contribution in [3.63, 3.8) is 0 Å². The number of nitrogens with zero attached hydrogens (tertiary/aromatic N) is 2. The summed E-state index contributed by atoms with van der Waals surface area (Å²) in [5, 5.41) is 7.07. The maximum atomic E-state index is 12.4. The number of benzene rings is 1. The smallest absolute Gasteiger partial charge is 0.273 e. The van der Waals surface area contributed by atoms with Gasteiger partial charge >= 0.3 is 0 Å². The minimum absolute atomic E-state index is 0.107. The molecule has 132 valence electrons. The number of carbonyl (C=O) groups excluding carboxylic acids is 1. The zero-order valence-corrected chi connectivity index (χ0v) is 14.6. The molecule has 1 saturated carbocycles. The second-order valence-corrected chi connectivity index (χ2v) is 7.39. The predicted octanol–water partition coefficient (Wildman–Crippen LogP) is 3.33. The Balaban J connectivity index is 1.30. The fourth-order valence-corrected chi connectivity index (χ4v) is 3.62. The van der Waals surface area contributed by atoms with Gasteiger partial charge in [0.15, 0.2) is 5.69 Å². The molecule has 4 rings (SSSR count). The summed E-state index contributed by atoms with van der Waals surface area (Å²) in [7, 11) is 0. The predicted molar refractivity (Wildman–Crippen MR) is 95.3 cm³/mol. The Morgan fingerprint density at radius 2 is 2.08 bits per heavy atom. The molecule has 2 heterocycles. The quantitative estimate of drug-likeness (QED) is 0.908. The van der Waals surface area contributed by atoms with Crippen molar-refractivity contribution in [2.45, 2.75) is 57.2 Å². The minimum atomic E-state index is -0.107. The Hall–Kier alpha value is -2.14. The molecule has 0 unspecified atom stereocenters. The van der Waals surface area contributed by atoms with Gasteiger partial charge in [-0.2, -0.15) is 0 Å². The van der Waals surface area contributed by atoms with E-state index in [-0.39, 0.29) is 11.9 Å². The first kappa shape index (κ1) is 16.3. The third-order valence-corrected chi connectivity index (χ3v) is 5.32. The van der Waals surface area contributed by atoms with Crippen molar-refractivity contribution in [2.75, 3.05) is 6.54 Å². The van der Waals surface area contributed by atoms with Crippen LogP contribution in [-0.4, -0.2) is 34.6 Å². The first-order chi connectivity index (χ1) is 12.2. The Morgan fingerprint density at radius 3 is 2.80 bits per heavy atom. The molecule has 0 radical (unpaired) electrons. The lowest BCUT2D eigenvalue weighted by molar-refractivity contribution is 0.0858. The SMILES string of the molecule is C[C@@H]1C[C@H](NC(=O)c2cc(C3CC3)on2)CCN1Cc1ccccc1. The highest BCUT2D eigenvalue weighted by atomic mass is 16.5. The van der Waals surface area contributed by atoms with Gasteiger partial charge in [-0.1, -0.05) is 35.5 Å². The highest BCUT2D eigenvalue weighted by molar-refractivity contribution is 5.92. The molecule has 1 N–H and O–H groups in total. The van der Waals surface area contributed by atoms with E-state index < -0.39 is 0 Å². The van der Waals surface area contributed by atoms with Gasteiger partial charge in [-0.15, -0.1) is 0 Å². The lowest BCUT2D eigenvalue weighted by Gasteiger charge is -2.37. The number of carbonyl (C=O) groups is 1. The summed E-state index contributed by atoms with van der Waals surface area (Å²) in [6, 6.07) is 13.0. The van der Waals surface area contributed by atoms with Crippen LogP contribution in [-0.2, 0) is 6.54 Å². The molecule has 0 spiro atoms. The van der Waals surface area contributed by atoms with Crippen LogP contribution in [0.3, 0.4) is 0 Å². The molecular weight excluding hydrogens is 314 g/mol. The van der Waals surface area contributed by atoms with E-state index in [0.717, 1.165) is 44.5 Å². The van der Waals surface area contributed by atoms with E-state index in [4.69, 9.17) is 4.52 Å². The van der Waals surface area contributed by atoms with Gasteiger partial charge in [-0.05, 0) is 38.2 Å². The molecule has 1 aromatic carbocycles. The minimum Gasteiger partial charge on any atom is -0.360 e. The number of aromatic nitrogens is 1. The topological polar surface area (TPSA) is 58.4 Å². The van der Waals surface area contributed by atoms with Gasteiger partial charge in [0.1, 0.15) is 5.76 Å². The van der Waals surface area contributed by atoms with E-state index >= 15 is 0 Å². The lowest BCUT2D eigenvalue weighted by atomic mass is 9.97. The van der Waals surface area contributed by atoms with E-state index in [1.165, 1.54) is 5.56 Å². The zero-order chi connectivity index (χ0) is 17.2. The van der Waals surface area contributed by atoms with Crippen molar-refractivity contribution in [3.8, 4) is 0 Å². The van der Waals surface area contributed by atoms with E-state index in [9.17, 15) is 4.79 Å². The summed E-state index contributed by atoms with van der Waals surface area (Å²) in [4.78, 5) is 14.9. The average molecular weight is 339 g/mol. The Kier molecular flexibility index (Phi) is 4.57. The summed E-state index contributed by atoms with van der Waals surface area (Å²) >= 11 is 0. The fraction of sp³-hybridized carbons (Fsp3) is 0.500. The molecule has 2 aliphatic rings. The van der Waals surface area contributed by atoms with Gasteiger partial charge in [0, 0.05) is 37.2 Å². The van der Waals surface area contributed by atoms with E-state index in [1.54, 1.807) is 6.07 Å². The van der Waals surface area contributed by atoms with Crippen LogP contribution in [0, 0.1) is 0 Å². The maximum Gasteiger partial charge on any atom is 0.273 e. The molecule has 1 aliphatic carbocycles. The molecule has 2 atom stereocenters. The molecule has 25 heavy (non-hydrogen) atoms. The van der Waals surface area contributed by atoms with Crippen molar-refractivity contribution >= 4 is 5.91 Å². The normalized spacial score (nSPS) is 24.2. The lowest BCUT2D eigenvalue weighted by Crippen LogP contribution is -2.48. The molecule has 2 aromatic rings. The summed E-state index contributed by atoms with van der Waals surface area (Å²) in [5.41, 5.74) is 1.76. The first-order valence-corrected chi connectivity index (χ1v) is 9.24. The number of hydrogen-bond donors (Lipinski definition) is 1. The van der Waals surface area contributed by atoms with Gasteiger partial charge in [0.2, 0.25) is 0 Å². The van der Waals surface area contributed by atoms with Crippen LogP contribution in [0.15, 0.2) is 40.9 Å². The van der Waals surface area contributed by atoms with Crippen molar-refractivity contribution in [2.24, 2.45) is 0 Å². The van der Waals surface area contributed by atoms with Gasteiger partial charge in [0.25, 0.3) is 5.91 Å². The number of piperidine rings is 1. The van der Waals surface area contributed by atoms with Gasteiger partial charge in [-0.25, -0.2) is 0 Å². The van der Waals surface area contributed by atoms with Crippen molar-refractivity contribution < 1.29 is 9.32 Å².